The summed E-state index contributed by atoms with van der Waals surface area (Å²) < 4.78 is 3.76. The van der Waals surface area contributed by atoms with Gasteiger partial charge < -0.3 is 5.11 Å². The molecule has 1 atom stereocenters. The number of fused-ring (bicyclic) bond motifs is 1. The normalized spacial score (nSPS) is 15.8. The molecule has 1 saturated carbocycles. The molecule has 4 aromatic rings. The van der Waals surface area contributed by atoms with E-state index in [2.05, 4.69) is 15.3 Å². The summed E-state index contributed by atoms with van der Waals surface area (Å²) in [5, 5.41) is 19.7. The van der Waals surface area contributed by atoms with Crippen LogP contribution >= 0.6 is 11.3 Å². The maximum absolute atomic E-state index is 11.1. The molecule has 1 fully saturated rings. The van der Waals surface area contributed by atoms with E-state index in [0.717, 1.165) is 21.9 Å². The molecule has 6 nitrogen and oxygen atoms in total. The first-order valence-electron chi connectivity index (χ1n) is 8.34. The van der Waals surface area contributed by atoms with E-state index in [-0.39, 0.29) is 0 Å². The van der Waals surface area contributed by atoms with Crippen LogP contribution in [0.5, 0.6) is 0 Å². The van der Waals surface area contributed by atoms with Gasteiger partial charge in [-0.25, -0.2) is 9.67 Å². The second-order valence-corrected chi connectivity index (χ2v) is 7.50. The van der Waals surface area contributed by atoms with Gasteiger partial charge in [-0.3, -0.25) is 4.40 Å². The Morgan fingerprint density at radius 1 is 1.24 bits per heavy atom. The molecule has 0 aliphatic heterocycles. The third-order valence-electron chi connectivity index (χ3n) is 4.73. The fourth-order valence-corrected chi connectivity index (χ4v) is 4.56. The van der Waals surface area contributed by atoms with Gasteiger partial charge in [0.05, 0.1) is 23.3 Å². The number of aromatic nitrogens is 5. The summed E-state index contributed by atoms with van der Waals surface area (Å²) in [6, 6.07) is 9.85. The van der Waals surface area contributed by atoms with Crippen molar-refractivity contribution in [3.05, 3.63) is 64.8 Å². The minimum atomic E-state index is -0.809. The highest BCUT2D eigenvalue weighted by Gasteiger charge is 2.34. The van der Waals surface area contributed by atoms with Gasteiger partial charge in [0.25, 0.3) is 0 Å². The molecule has 25 heavy (non-hydrogen) atoms. The quantitative estimate of drug-likeness (QED) is 0.613. The number of nitrogens with zero attached hydrogens (tertiary/aromatic N) is 5. The molecule has 1 aromatic carbocycles. The van der Waals surface area contributed by atoms with E-state index in [0.29, 0.717) is 11.6 Å². The van der Waals surface area contributed by atoms with Crippen molar-refractivity contribution in [2.75, 3.05) is 0 Å². The molecule has 0 saturated heterocycles. The summed E-state index contributed by atoms with van der Waals surface area (Å²) in [6.07, 6.45) is 5.18. The van der Waals surface area contributed by atoms with Crippen LogP contribution in [0.2, 0.25) is 0 Å². The lowest BCUT2D eigenvalue weighted by Crippen LogP contribution is -2.08. The van der Waals surface area contributed by atoms with E-state index >= 15 is 0 Å². The van der Waals surface area contributed by atoms with Crippen LogP contribution in [-0.2, 0) is 0 Å². The van der Waals surface area contributed by atoms with Gasteiger partial charge in [-0.05, 0) is 37.8 Å². The maximum atomic E-state index is 11.1. The van der Waals surface area contributed by atoms with E-state index in [1.807, 2.05) is 47.9 Å². The molecule has 1 aliphatic rings. The summed E-state index contributed by atoms with van der Waals surface area (Å²) in [7, 11) is 0. The van der Waals surface area contributed by atoms with Crippen molar-refractivity contribution in [2.24, 2.45) is 0 Å². The molecule has 1 aliphatic carbocycles. The number of thiazole rings is 1. The van der Waals surface area contributed by atoms with Crippen molar-refractivity contribution < 1.29 is 5.11 Å². The monoisotopic (exact) mass is 351 g/mol. The number of para-hydroxylation sites is 1. The number of aliphatic hydroxyl groups excluding tert-OH is 1. The zero-order valence-electron chi connectivity index (χ0n) is 13.7. The first-order chi connectivity index (χ1) is 12.2. The molecule has 3 heterocycles. The van der Waals surface area contributed by atoms with Gasteiger partial charge >= 0.3 is 0 Å². The number of aliphatic hydroxyl groups is 1. The molecule has 3 aromatic heterocycles. The van der Waals surface area contributed by atoms with E-state index in [4.69, 9.17) is 0 Å². The standard InChI is InChI=1S/C18H17N5OS/c1-11-15(20-21-23(11)13-5-3-2-4-6-13)17(24)16-18(12-7-8-12)25-14-9-19-10-22(14)16/h2-6,9-10,12,17,24H,7-8H2,1H3. The van der Waals surface area contributed by atoms with Gasteiger partial charge in [0, 0.05) is 4.88 Å². The van der Waals surface area contributed by atoms with Crippen LogP contribution in [0.3, 0.4) is 0 Å². The minimum absolute atomic E-state index is 0.555. The van der Waals surface area contributed by atoms with Crippen molar-refractivity contribution in [1.82, 2.24) is 24.4 Å². The van der Waals surface area contributed by atoms with E-state index in [1.54, 1.807) is 22.3 Å². The SMILES string of the molecule is Cc1c(C(O)c2c(C3CC3)sc3cncn23)nnn1-c1ccccc1. The minimum Gasteiger partial charge on any atom is -0.380 e. The van der Waals surface area contributed by atoms with Crippen molar-refractivity contribution in [3.8, 4) is 5.69 Å². The summed E-state index contributed by atoms with van der Waals surface area (Å²) in [5.41, 5.74) is 3.27. The van der Waals surface area contributed by atoms with Gasteiger partial charge in [-0.15, -0.1) is 16.4 Å². The molecule has 7 heteroatoms. The molecule has 1 N–H and O–H groups in total. The van der Waals surface area contributed by atoms with E-state index < -0.39 is 6.10 Å². The van der Waals surface area contributed by atoms with Gasteiger partial charge in [0.1, 0.15) is 23.0 Å². The van der Waals surface area contributed by atoms with Crippen molar-refractivity contribution in [3.63, 3.8) is 0 Å². The smallest absolute Gasteiger partial charge is 0.141 e. The molecular weight excluding hydrogens is 334 g/mol. The van der Waals surface area contributed by atoms with Crippen molar-refractivity contribution in [1.29, 1.82) is 0 Å². The zero-order valence-corrected chi connectivity index (χ0v) is 14.5. The first-order valence-corrected chi connectivity index (χ1v) is 9.16. The lowest BCUT2D eigenvalue weighted by molar-refractivity contribution is 0.207. The number of hydrogen-bond acceptors (Lipinski definition) is 5. The summed E-state index contributed by atoms with van der Waals surface area (Å²) in [4.78, 5) is 6.52. The lowest BCUT2D eigenvalue weighted by Gasteiger charge is -2.11. The van der Waals surface area contributed by atoms with Crippen LogP contribution in [0.25, 0.3) is 10.5 Å². The predicted octanol–water partition coefficient (Wildman–Crippen LogP) is 3.24. The average molecular weight is 351 g/mol. The second kappa shape index (κ2) is 5.50. The number of rotatable bonds is 4. The average Bonchev–Trinajstić information content (AvgIpc) is 3.09. The van der Waals surface area contributed by atoms with Crippen LogP contribution in [0.4, 0.5) is 0 Å². The highest BCUT2D eigenvalue weighted by Crippen LogP contribution is 2.47. The Hall–Kier alpha value is -2.51. The van der Waals surface area contributed by atoms with Gasteiger partial charge in [-0.2, -0.15) is 0 Å². The number of benzene rings is 1. The Morgan fingerprint density at radius 2 is 2.04 bits per heavy atom. The van der Waals surface area contributed by atoms with Gasteiger partial charge in [-0.1, -0.05) is 23.4 Å². The van der Waals surface area contributed by atoms with Gasteiger partial charge in [0.15, 0.2) is 0 Å². The topological polar surface area (TPSA) is 68.2 Å². The summed E-state index contributed by atoms with van der Waals surface area (Å²) >= 11 is 1.72. The molecule has 0 bridgehead atoms. The van der Waals surface area contributed by atoms with E-state index in [9.17, 15) is 5.11 Å². The van der Waals surface area contributed by atoms with Crippen LogP contribution in [0.15, 0.2) is 42.9 Å². The molecule has 1 unspecified atom stereocenters. The fraction of sp³-hybridized carbons (Fsp3) is 0.278. The molecule has 126 valence electrons. The molecule has 0 spiro atoms. The number of imidazole rings is 1. The van der Waals surface area contributed by atoms with Gasteiger partial charge in [0.2, 0.25) is 0 Å². The molecule has 5 rings (SSSR count). The predicted molar refractivity (Wildman–Crippen MR) is 95.2 cm³/mol. The maximum Gasteiger partial charge on any atom is 0.141 e. The Kier molecular flexibility index (Phi) is 3.26. The summed E-state index contributed by atoms with van der Waals surface area (Å²) in [6.45, 7) is 1.94. The van der Waals surface area contributed by atoms with Crippen LogP contribution in [0, 0.1) is 6.92 Å². The zero-order chi connectivity index (χ0) is 17.0. The Morgan fingerprint density at radius 3 is 2.80 bits per heavy atom. The first kappa shape index (κ1) is 14.8. The summed E-state index contributed by atoms with van der Waals surface area (Å²) in [5.74, 6) is 0.555. The Bertz CT molecular complexity index is 1040. The third-order valence-corrected chi connectivity index (χ3v) is 6.00. The lowest BCUT2D eigenvalue weighted by atomic mass is 10.1. The van der Waals surface area contributed by atoms with E-state index in [1.165, 1.54) is 17.7 Å². The molecular formula is C18H17N5OS. The van der Waals surface area contributed by atoms with Crippen LogP contribution in [-0.4, -0.2) is 29.5 Å². The Labute approximate surface area is 148 Å². The van der Waals surface area contributed by atoms with Crippen molar-refractivity contribution >= 4 is 16.2 Å². The van der Waals surface area contributed by atoms with Crippen LogP contribution in [0.1, 0.15) is 46.8 Å². The highest BCUT2D eigenvalue weighted by atomic mass is 32.1. The Balaban J connectivity index is 1.62. The van der Waals surface area contributed by atoms with Crippen molar-refractivity contribution in [2.45, 2.75) is 31.8 Å². The number of hydrogen-bond donors (Lipinski definition) is 1. The largest absolute Gasteiger partial charge is 0.380 e. The van der Waals surface area contributed by atoms with Crippen LogP contribution < -0.4 is 0 Å². The fourth-order valence-electron chi connectivity index (χ4n) is 3.26. The molecule has 0 amide bonds. The molecule has 0 radical (unpaired) electrons. The third kappa shape index (κ3) is 2.31. The highest BCUT2D eigenvalue weighted by molar-refractivity contribution is 7.17. The second-order valence-electron chi connectivity index (χ2n) is 6.44.